The molecule has 4 heteroatoms. The lowest BCUT2D eigenvalue weighted by molar-refractivity contribution is 0.499. The zero-order valence-corrected chi connectivity index (χ0v) is 11.0. The molecule has 0 saturated carbocycles. The van der Waals surface area contributed by atoms with Crippen LogP contribution in [0.5, 0.6) is 0 Å². The minimum Gasteiger partial charge on any atom is -0.368 e. The van der Waals surface area contributed by atoms with E-state index in [9.17, 15) is 0 Å². The molecule has 2 N–H and O–H groups in total. The molecular formula is C13H22N4. The van der Waals surface area contributed by atoms with E-state index in [0.29, 0.717) is 6.04 Å². The summed E-state index contributed by atoms with van der Waals surface area (Å²) in [6.07, 6.45) is 3.02. The molecular weight excluding hydrogens is 212 g/mol. The Morgan fingerprint density at radius 2 is 1.71 bits per heavy atom. The molecule has 94 valence electrons. The van der Waals surface area contributed by atoms with Crippen LogP contribution < -0.4 is 10.6 Å². The van der Waals surface area contributed by atoms with Gasteiger partial charge in [-0.2, -0.15) is 0 Å². The number of anilines is 1. The van der Waals surface area contributed by atoms with Gasteiger partial charge in [0.05, 0.1) is 17.1 Å². The number of aryl methyl sites for hydroxylation is 3. The van der Waals surface area contributed by atoms with Crippen molar-refractivity contribution < 1.29 is 0 Å². The number of hydrogen-bond donors (Lipinski definition) is 1. The molecule has 2 heterocycles. The van der Waals surface area contributed by atoms with Crippen molar-refractivity contribution in [2.24, 2.45) is 5.73 Å². The van der Waals surface area contributed by atoms with Gasteiger partial charge in [-0.25, -0.2) is 9.97 Å². The molecule has 4 nitrogen and oxygen atoms in total. The van der Waals surface area contributed by atoms with Crippen LogP contribution in [-0.4, -0.2) is 29.1 Å². The monoisotopic (exact) mass is 234 g/mol. The summed E-state index contributed by atoms with van der Waals surface area (Å²) in [5.74, 6) is 0.942. The smallest absolute Gasteiger partial charge is 0.128 e. The zero-order chi connectivity index (χ0) is 12.4. The van der Waals surface area contributed by atoms with Crippen LogP contribution in [0.3, 0.4) is 0 Å². The molecule has 0 spiro atoms. The summed E-state index contributed by atoms with van der Waals surface area (Å²) in [6, 6.07) is 0.364. The van der Waals surface area contributed by atoms with Crippen LogP contribution in [0.25, 0.3) is 0 Å². The summed E-state index contributed by atoms with van der Waals surface area (Å²) in [7, 11) is 0. The minimum absolute atomic E-state index is 0.364. The standard InChI is InChI=1S/C13H22N4/c1-4-12-15-9(2)13(10(3)16-12)17-7-5-11(14)6-8-17/h11H,4-8,14H2,1-3H3. The second-order valence-electron chi connectivity index (χ2n) is 4.84. The van der Waals surface area contributed by atoms with E-state index in [1.54, 1.807) is 0 Å². The second-order valence-corrected chi connectivity index (χ2v) is 4.84. The Balaban J connectivity index is 2.26. The van der Waals surface area contributed by atoms with Gasteiger partial charge in [-0.3, -0.25) is 0 Å². The molecule has 0 amide bonds. The highest BCUT2D eigenvalue weighted by Gasteiger charge is 2.20. The first kappa shape index (κ1) is 12.3. The fourth-order valence-electron chi connectivity index (χ4n) is 2.52. The van der Waals surface area contributed by atoms with E-state index < -0.39 is 0 Å². The highest BCUT2D eigenvalue weighted by Crippen LogP contribution is 2.25. The molecule has 0 atom stereocenters. The van der Waals surface area contributed by atoms with Gasteiger partial charge in [0.25, 0.3) is 0 Å². The molecule has 0 unspecified atom stereocenters. The highest BCUT2D eigenvalue weighted by molar-refractivity contribution is 5.54. The Kier molecular flexibility index (Phi) is 3.62. The van der Waals surface area contributed by atoms with Crippen molar-refractivity contribution >= 4 is 5.69 Å². The van der Waals surface area contributed by atoms with Crippen molar-refractivity contribution in [1.82, 2.24) is 9.97 Å². The van der Waals surface area contributed by atoms with Crippen molar-refractivity contribution in [1.29, 1.82) is 0 Å². The van der Waals surface area contributed by atoms with Crippen LogP contribution in [-0.2, 0) is 6.42 Å². The zero-order valence-electron chi connectivity index (χ0n) is 11.0. The van der Waals surface area contributed by atoms with Crippen LogP contribution in [0.15, 0.2) is 0 Å². The quantitative estimate of drug-likeness (QED) is 0.844. The summed E-state index contributed by atoms with van der Waals surface area (Å²) in [4.78, 5) is 11.5. The SMILES string of the molecule is CCc1nc(C)c(N2CCC(N)CC2)c(C)n1. The molecule has 0 radical (unpaired) electrons. The first-order valence-corrected chi connectivity index (χ1v) is 6.46. The summed E-state index contributed by atoms with van der Waals surface area (Å²) in [5, 5.41) is 0. The highest BCUT2D eigenvalue weighted by atomic mass is 15.2. The molecule has 1 aliphatic rings. The average Bonchev–Trinajstić information content (AvgIpc) is 2.30. The van der Waals surface area contributed by atoms with E-state index in [1.165, 1.54) is 5.69 Å². The van der Waals surface area contributed by atoms with Crippen LogP contribution >= 0.6 is 0 Å². The predicted molar refractivity (Wildman–Crippen MR) is 70.3 cm³/mol. The number of piperidine rings is 1. The second kappa shape index (κ2) is 5.00. The van der Waals surface area contributed by atoms with Gasteiger partial charge in [0.2, 0.25) is 0 Å². The number of hydrogen-bond acceptors (Lipinski definition) is 4. The van der Waals surface area contributed by atoms with Crippen LogP contribution in [0.4, 0.5) is 5.69 Å². The molecule has 17 heavy (non-hydrogen) atoms. The maximum atomic E-state index is 5.94. The van der Waals surface area contributed by atoms with Gasteiger partial charge in [0.1, 0.15) is 5.82 Å². The lowest BCUT2D eigenvalue weighted by Gasteiger charge is -2.33. The van der Waals surface area contributed by atoms with Crippen molar-refractivity contribution in [3.63, 3.8) is 0 Å². The molecule has 0 aromatic carbocycles. The first-order valence-electron chi connectivity index (χ1n) is 6.46. The summed E-state index contributed by atoms with van der Waals surface area (Å²) in [5.41, 5.74) is 9.36. The van der Waals surface area contributed by atoms with Crippen molar-refractivity contribution in [2.45, 2.75) is 46.1 Å². The summed E-state index contributed by atoms with van der Waals surface area (Å²) in [6.45, 7) is 8.30. The molecule has 0 bridgehead atoms. The van der Waals surface area contributed by atoms with Crippen molar-refractivity contribution in [2.75, 3.05) is 18.0 Å². The largest absolute Gasteiger partial charge is 0.368 e. The molecule has 2 rings (SSSR count). The van der Waals surface area contributed by atoms with Gasteiger partial charge in [-0.05, 0) is 26.7 Å². The van der Waals surface area contributed by atoms with Crippen molar-refractivity contribution in [3.05, 3.63) is 17.2 Å². The van der Waals surface area contributed by atoms with E-state index in [0.717, 1.165) is 49.6 Å². The van der Waals surface area contributed by atoms with E-state index >= 15 is 0 Å². The Hall–Kier alpha value is -1.16. The third-order valence-electron chi connectivity index (χ3n) is 3.45. The maximum absolute atomic E-state index is 5.94. The van der Waals surface area contributed by atoms with Crippen LogP contribution in [0, 0.1) is 13.8 Å². The van der Waals surface area contributed by atoms with Gasteiger partial charge >= 0.3 is 0 Å². The molecule has 1 aromatic heterocycles. The van der Waals surface area contributed by atoms with Crippen LogP contribution in [0.1, 0.15) is 37.0 Å². The molecule has 1 aromatic rings. The van der Waals surface area contributed by atoms with E-state index in [4.69, 9.17) is 5.73 Å². The molecule has 0 aliphatic carbocycles. The third-order valence-corrected chi connectivity index (χ3v) is 3.45. The third kappa shape index (κ3) is 2.57. The van der Waals surface area contributed by atoms with Crippen molar-refractivity contribution in [3.8, 4) is 0 Å². The molecule has 1 aliphatic heterocycles. The lowest BCUT2D eigenvalue weighted by Crippen LogP contribution is -2.40. The Morgan fingerprint density at radius 1 is 1.18 bits per heavy atom. The van der Waals surface area contributed by atoms with Crippen LogP contribution in [0.2, 0.25) is 0 Å². The van der Waals surface area contributed by atoms with Gasteiger partial charge in [-0.15, -0.1) is 0 Å². The Labute approximate surface area is 103 Å². The van der Waals surface area contributed by atoms with Gasteiger partial charge < -0.3 is 10.6 Å². The number of rotatable bonds is 2. The summed E-state index contributed by atoms with van der Waals surface area (Å²) < 4.78 is 0. The predicted octanol–water partition coefficient (Wildman–Crippen LogP) is 1.58. The molecule has 1 saturated heterocycles. The first-order chi connectivity index (χ1) is 8.11. The average molecular weight is 234 g/mol. The normalized spacial score (nSPS) is 17.5. The summed E-state index contributed by atoms with van der Waals surface area (Å²) >= 11 is 0. The minimum atomic E-state index is 0.364. The lowest BCUT2D eigenvalue weighted by atomic mass is 10.0. The Bertz CT molecular complexity index is 371. The van der Waals surface area contributed by atoms with Gasteiger partial charge in [0, 0.05) is 25.6 Å². The number of nitrogens with two attached hydrogens (primary N) is 1. The van der Waals surface area contributed by atoms with E-state index in [2.05, 4.69) is 35.6 Å². The molecule has 1 fully saturated rings. The fourth-order valence-corrected chi connectivity index (χ4v) is 2.52. The van der Waals surface area contributed by atoms with Gasteiger partial charge in [-0.1, -0.05) is 6.92 Å². The topological polar surface area (TPSA) is 55.0 Å². The number of aromatic nitrogens is 2. The van der Waals surface area contributed by atoms with Gasteiger partial charge in [0.15, 0.2) is 0 Å². The Morgan fingerprint density at radius 3 is 2.18 bits per heavy atom. The maximum Gasteiger partial charge on any atom is 0.128 e. The van der Waals surface area contributed by atoms with E-state index in [1.807, 2.05) is 0 Å². The fraction of sp³-hybridized carbons (Fsp3) is 0.692. The van der Waals surface area contributed by atoms with E-state index in [-0.39, 0.29) is 0 Å². The number of nitrogens with zero attached hydrogens (tertiary/aromatic N) is 3.